The number of carbonyl (C=O) groups is 1. The number of hydrogen-bond donors (Lipinski definition) is 2. The smallest absolute Gasteiger partial charge is 0.410 e. The lowest BCUT2D eigenvalue weighted by atomic mass is 9.84. The van der Waals surface area contributed by atoms with Crippen molar-refractivity contribution in [2.45, 2.75) is 44.3 Å². The summed E-state index contributed by atoms with van der Waals surface area (Å²) >= 11 is 6.27. The van der Waals surface area contributed by atoms with Gasteiger partial charge in [-0.2, -0.15) is 0 Å². The molecule has 210 valence electrons. The summed E-state index contributed by atoms with van der Waals surface area (Å²) in [6, 6.07) is 9.74. The molecule has 1 atom stereocenters. The van der Waals surface area contributed by atoms with Gasteiger partial charge >= 0.3 is 6.09 Å². The predicted molar refractivity (Wildman–Crippen MR) is 158 cm³/mol. The Morgan fingerprint density at radius 2 is 1.95 bits per heavy atom. The lowest BCUT2D eigenvalue weighted by molar-refractivity contribution is 0.0555. The number of aryl methyl sites for hydroxylation is 1. The Morgan fingerprint density at radius 1 is 1.23 bits per heavy atom. The van der Waals surface area contributed by atoms with Gasteiger partial charge in [0.05, 0.1) is 23.9 Å². The van der Waals surface area contributed by atoms with Crippen molar-refractivity contribution in [2.75, 3.05) is 26.2 Å². The van der Waals surface area contributed by atoms with E-state index in [1.54, 1.807) is 30.5 Å². The lowest BCUT2D eigenvalue weighted by Crippen LogP contribution is -2.47. The van der Waals surface area contributed by atoms with Crippen molar-refractivity contribution in [3.8, 4) is 12.8 Å². The first kappa shape index (κ1) is 29.3. The first-order chi connectivity index (χ1) is 19.2. The molecule has 1 saturated carbocycles. The molecule has 8 nitrogen and oxygen atoms in total. The highest BCUT2D eigenvalue weighted by atomic mass is 35.5. The minimum absolute atomic E-state index is 0.137. The maximum Gasteiger partial charge on any atom is 0.410 e. The number of terminal acetylenes is 1. The number of pyridine rings is 1. The molecule has 1 unspecified atom stereocenters. The van der Waals surface area contributed by atoms with Crippen LogP contribution in [0.25, 0.3) is 11.6 Å². The van der Waals surface area contributed by atoms with E-state index in [2.05, 4.69) is 28.1 Å². The van der Waals surface area contributed by atoms with E-state index in [0.29, 0.717) is 11.4 Å². The number of carbonyl (C=O) groups excluding carboxylic acids is 1. The highest BCUT2D eigenvalue weighted by molar-refractivity contribution is 6.30. The first-order valence-electron chi connectivity index (χ1n) is 13.3. The largest absolute Gasteiger partial charge is 0.443 e. The second kappa shape index (κ2) is 12.3. The van der Waals surface area contributed by atoms with E-state index in [1.807, 2.05) is 54.9 Å². The number of rotatable bonds is 3. The molecule has 3 aliphatic rings. The highest BCUT2D eigenvalue weighted by Crippen LogP contribution is 2.42. The minimum Gasteiger partial charge on any atom is -0.443 e. The van der Waals surface area contributed by atoms with Crippen LogP contribution < -0.4 is 5.32 Å². The average Bonchev–Trinajstić information content (AvgIpc) is 3.56. The number of amides is 1. The van der Waals surface area contributed by atoms with Crippen molar-refractivity contribution in [1.82, 2.24) is 24.8 Å². The normalized spacial score (nSPS) is 18.1. The molecule has 2 fully saturated rings. The summed E-state index contributed by atoms with van der Waals surface area (Å²) in [6.45, 7) is 7.09. The summed E-state index contributed by atoms with van der Waals surface area (Å²) in [7, 11) is 1.88. The third kappa shape index (κ3) is 6.56. The minimum atomic E-state index is -1.22. The number of aromatic nitrogens is 3. The SMILES string of the molecule is C#C.CC1(OC(=O)N2CCNCC2)CC1.Cn1cncc1C(C)(O)C1=Cc2cccnc2Cc2ccc(Cl)cc21. The van der Waals surface area contributed by atoms with Crippen LogP contribution in [0.15, 0.2) is 49.1 Å². The van der Waals surface area contributed by atoms with Gasteiger partial charge in [0.15, 0.2) is 0 Å². The Bertz CT molecular complexity index is 1400. The van der Waals surface area contributed by atoms with Crippen LogP contribution in [0.2, 0.25) is 5.02 Å². The fourth-order valence-corrected chi connectivity index (χ4v) is 5.04. The van der Waals surface area contributed by atoms with Crippen LogP contribution in [0.1, 0.15) is 54.8 Å². The van der Waals surface area contributed by atoms with Gasteiger partial charge in [-0.15, -0.1) is 12.8 Å². The van der Waals surface area contributed by atoms with E-state index in [9.17, 15) is 9.90 Å². The Hall–Kier alpha value is -3.64. The van der Waals surface area contributed by atoms with Gasteiger partial charge in [-0.1, -0.05) is 23.7 Å². The number of piperazine rings is 1. The first-order valence-corrected chi connectivity index (χ1v) is 13.7. The standard InChI is InChI=1S/C20H18ClN3O.C9H16N2O2.C2H2/c1-20(25,19-11-22-12-24(19)2)17-8-14-4-3-7-23-18(14)9-13-5-6-15(21)10-16(13)17;1-9(2-3-9)13-8(12)11-6-4-10-5-7-11;1-2/h3-8,10-12,25H,9H2,1-2H3;10H,2-7H2,1H3;1-2H. The summed E-state index contributed by atoms with van der Waals surface area (Å²) in [5.41, 5.74) is 4.18. The molecule has 9 heteroatoms. The molecular weight excluding hydrogens is 526 g/mol. The van der Waals surface area contributed by atoms with Crippen molar-refractivity contribution in [1.29, 1.82) is 0 Å². The topological polar surface area (TPSA) is 92.5 Å². The third-order valence-electron chi connectivity index (χ3n) is 7.45. The molecule has 3 aromatic rings. The molecule has 0 spiro atoms. The molecular formula is C31H36ClN5O3. The van der Waals surface area contributed by atoms with E-state index in [-0.39, 0.29) is 11.7 Å². The fraction of sp³-hybridized carbons (Fsp3) is 0.387. The molecule has 2 aliphatic carbocycles. The number of fused-ring (bicyclic) bond motifs is 2. The molecule has 40 heavy (non-hydrogen) atoms. The number of aliphatic hydroxyl groups is 1. The number of benzene rings is 1. The van der Waals surface area contributed by atoms with Crippen molar-refractivity contribution in [3.63, 3.8) is 0 Å². The van der Waals surface area contributed by atoms with Crippen molar-refractivity contribution in [2.24, 2.45) is 7.05 Å². The number of ether oxygens (including phenoxy) is 1. The number of imidazole rings is 1. The maximum atomic E-state index is 11.5. The number of hydrogen-bond acceptors (Lipinski definition) is 6. The van der Waals surface area contributed by atoms with Crippen LogP contribution in [0.5, 0.6) is 0 Å². The summed E-state index contributed by atoms with van der Waals surface area (Å²) in [5, 5.41) is 15.3. The van der Waals surface area contributed by atoms with Gasteiger partial charge in [0, 0.05) is 50.9 Å². The monoisotopic (exact) mass is 561 g/mol. The summed E-state index contributed by atoms with van der Waals surface area (Å²) in [6.07, 6.45) is 17.8. The Balaban J connectivity index is 0.000000207. The van der Waals surface area contributed by atoms with Gasteiger partial charge in [0.1, 0.15) is 11.2 Å². The van der Waals surface area contributed by atoms with Gasteiger partial charge in [-0.3, -0.25) is 4.98 Å². The molecule has 0 radical (unpaired) electrons. The van der Waals surface area contributed by atoms with Crippen molar-refractivity contribution < 1.29 is 14.6 Å². The quantitative estimate of drug-likeness (QED) is 0.452. The number of nitrogens with one attached hydrogen (secondary N) is 1. The molecule has 6 rings (SSSR count). The number of halogens is 1. The van der Waals surface area contributed by atoms with Crippen LogP contribution >= 0.6 is 11.6 Å². The molecule has 0 bridgehead atoms. The van der Waals surface area contributed by atoms with Crippen LogP contribution in [-0.2, 0) is 23.8 Å². The zero-order chi connectivity index (χ0) is 28.9. The third-order valence-corrected chi connectivity index (χ3v) is 7.68. The summed E-state index contributed by atoms with van der Waals surface area (Å²) in [5.74, 6) is 0. The van der Waals surface area contributed by atoms with Gasteiger partial charge in [-0.25, -0.2) is 9.78 Å². The molecule has 2 N–H and O–H groups in total. The Morgan fingerprint density at radius 3 is 2.60 bits per heavy atom. The van der Waals surface area contributed by atoms with Gasteiger partial charge in [0.2, 0.25) is 0 Å². The second-order valence-corrected chi connectivity index (χ2v) is 11.0. The Kier molecular flexibility index (Phi) is 8.99. The molecule has 1 aromatic carbocycles. The highest BCUT2D eigenvalue weighted by Gasteiger charge is 2.42. The Labute approximate surface area is 241 Å². The second-order valence-electron chi connectivity index (χ2n) is 10.6. The van der Waals surface area contributed by atoms with Crippen molar-refractivity contribution in [3.05, 3.63) is 82.2 Å². The van der Waals surface area contributed by atoms with E-state index in [4.69, 9.17) is 16.3 Å². The molecule has 2 aromatic heterocycles. The zero-order valence-corrected chi connectivity index (χ0v) is 24.0. The van der Waals surface area contributed by atoms with Gasteiger partial charge in [0.25, 0.3) is 0 Å². The van der Waals surface area contributed by atoms with Gasteiger partial charge < -0.3 is 24.6 Å². The summed E-state index contributed by atoms with van der Waals surface area (Å²) in [4.78, 5) is 22.0. The van der Waals surface area contributed by atoms with Crippen LogP contribution in [0.3, 0.4) is 0 Å². The molecule has 1 aliphatic heterocycles. The van der Waals surface area contributed by atoms with E-state index in [1.165, 1.54) is 0 Å². The van der Waals surface area contributed by atoms with Crippen LogP contribution in [0.4, 0.5) is 4.79 Å². The molecule has 3 heterocycles. The number of nitrogens with zero attached hydrogens (tertiary/aromatic N) is 4. The summed E-state index contributed by atoms with van der Waals surface area (Å²) < 4.78 is 7.18. The van der Waals surface area contributed by atoms with Crippen molar-refractivity contribution >= 4 is 29.3 Å². The lowest BCUT2D eigenvalue weighted by Gasteiger charge is -2.28. The van der Waals surface area contributed by atoms with Crippen LogP contribution in [0, 0.1) is 12.8 Å². The van der Waals surface area contributed by atoms with E-state index < -0.39 is 5.60 Å². The fourth-order valence-electron chi connectivity index (χ4n) is 4.86. The van der Waals surface area contributed by atoms with E-state index >= 15 is 0 Å². The van der Waals surface area contributed by atoms with E-state index in [0.717, 1.165) is 72.7 Å². The predicted octanol–water partition coefficient (Wildman–Crippen LogP) is 4.65. The molecule has 1 amide bonds. The van der Waals surface area contributed by atoms with Crippen LogP contribution in [-0.4, -0.2) is 62.4 Å². The maximum absolute atomic E-state index is 11.5. The average molecular weight is 562 g/mol. The zero-order valence-electron chi connectivity index (χ0n) is 23.2. The van der Waals surface area contributed by atoms with Gasteiger partial charge in [-0.05, 0) is 73.2 Å². The molecule has 1 saturated heterocycles.